The van der Waals surface area contributed by atoms with E-state index in [4.69, 9.17) is 11.6 Å². The fourth-order valence-corrected chi connectivity index (χ4v) is 4.97. The number of sulfonamides is 1. The molecule has 5 nitrogen and oxygen atoms in total. The molecule has 1 atom stereocenters. The molecule has 1 heterocycles. The van der Waals surface area contributed by atoms with Crippen molar-refractivity contribution in [3.63, 3.8) is 0 Å². The summed E-state index contributed by atoms with van der Waals surface area (Å²) in [6, 6.07) is 12.4. The lowest BCUT2D eigenvalue weighted by atomic mass is 10.2. The van der Waals surface area contributed by atoms with E-state index in [1.807, 2.05) is 19.1 Å². The molecule has 0 spiro atoms. The van der Waals surface area contributed by atoms with Crippen molar-refractivity contribution in [2.75, 3.05) is 25.5 Å². The highest BCUT2D eigenvalue weighted by atomic mass is 35.5. The Hall–Kier alpha value is -1.54. The molecule has 0 unspecified atom stereocenters. The fraction of sp³-hybridized carbons (Fsp3) is 0.316. The first-order valence-corrected chi connectivity index (χ1v) is 11.2. The first-order valence-electron chi connectivity index (χ1n) is 8.49. The van der Waals surface area contributed by atoms with Gasteiger partial charge in [0.05, 0.1) is 10.1 Å². The van der Waals surface area contributed by atoms with Crippen LogP contribution in [0, 0.1) is 0 Å². The fourth-order valence-electron chi connectivity index (χ4n) is 2.97. The zero-order valence-electron chi connectivity index (χ0n) is 15.3. The van der Waals surface area contributed by atoms with Crippen LogP contribution in [0.5, 0.6) is 0 Å². The standard InChI is InChI=1S/C19H21ClN2O3S2/c1-13(26-16-6-4-15(20)5-7-16)19(23)22-11-10-14-12-17(8-9-18(14)22)27(24,25)21(2)3/h4-9,12-13H,10-11H2,1-3H3/t13-/m0/s1. The van der Waals surface area contributed by atoms with Crippen LogP contribution in [0.15, 0.2) is 52.3 Å². The van der Waals surface area contributed by atoms with Crippen molar-refractivity contribution in [2.24, 2.45) is 0 Å². The zero-order chi connectivity index (χ0) is 19.8. The molecule has 0 saturated carbocycles. The number of benzene rings is 2. The van der Waals surface area contributed by atoms with Crippen LogP contribution in [0.2, 0.25) is 5.02 Å². The van der Waals surface area contributed by atoms with Gasteiger partial charge in [0.25, 0.3) is 0 Å². The zero-order valence-corrected chi connectivity index (χ0v) is 17.7. The summed E-state index contributed by atoms with van der Waals surface area (Å²) < 4.78 is 25.8. The maximum Gasteiger partial charge on any atom is 0.242 e. The third-order valence-corrected chi connectivity index (χ3v) is 7.63. The van der Waals surface area contributed by atoms with Crippen LogP contribution in [0.4, 0.5) is 5.69 Å². The maximum atomic E-state index is 12.9. The quantitative estimate of drug-likeness (QED) is 0.687. The summed E-state index contributed by atoms with van der Waals surface area (Å²) in [4.78, 5) is 15.9. The van der Waals surface area contributed by atoms with Gasteiger partial charge in [-0.15, -0.1) is 11.8 Å². The minimum absolute atomic E-state index is 0.0110. The predicted octanol–water partition coefficient (Wildman–Crippen LogP) is 3.66. The normalized spacial score (nSPS) is 15.1. The summed E-state index contributed by atoms with van der Waals surface area (Å²) in [6.07, 6.45) is 0.649. The Kier molecular flexibility index (Phi) is 5.86. The molecular formula is C19H21ClN2O3S2. The maximum absolute atomic E-state index is 12.9. The number of carbonyl (C=O) groups excluding carboxylic acids is 1. The van der Waals surface area contributed by atoms with Crippen LogP contribution in [-0.4, -0.2) is 44.5 Å². The third-order valence-electron chi connectivity index (χ3n) is 4.47. The molecule has 0 N–H and O–H groups in total. The van der Waals surface area contributed by atoms with Gasteiger partial charge in [0.15, 0.2) is 0 Å². The van der Waals surface area contributed by atoms with Gasteiger partial charge in [-0.2, -0.15) is 0 Å². The van der Waals surface area contributed by atoms with Crippen molar-refractivity contribution in [3.05, 3.63) is 53.1 Å². The lowest BCUT2D eigenvalue weighted by Gasteiger charge is -2.22. The Bertz CT molecular complexity index is 959. The van der Waals surface area contributed by atoms with Crippen molar-refractivity contribution in [1.82, 2.24) is 4.31 Å². The largest absolute Gasteiger partial charge is 0.311 e. The molecule has 2 aromatic rings. The topological polar surface area (TPSA) is 57.7 Å². The van der Waals surface area contributed by atoms with Crippen molar-refractivity contribution in [3.8, 4) is 0 Å². The lowest BCUT2D eigenvalue weighted by molar-refractivity contribution is -0.117. The average molecular weight is 425 g/mol. The first-order chi connectivity index (χ1) is 12.7. The van der Waals surface area contributed by atoms with E-state index >= 15 is 0 Å². The Morgan fingerprint density at radius 1 is 1.19 bits per heavy atom. The smallest absolute Gasteiger partial charge is 0.242 e. The number of hydrogen-bond acceptors (Lipinski definition) is 4. The van der Waals surface area contributed by atoms with E-state index in [0.717, 1.165) is 16.1 Å². The Balaban J connectivity index is 1.78. The molecule has 27 heavy (non-hydrogen) atoms. The Morgan fingerprint density at radius 3 is 2.48 bits per heavy atom. The molecule has 0 aromatic heterocycles. The van der Waals surface area contributed by atoms with Crippen LogP contribution in [-0.2, 0) is 21.2 Å². The third kappa shape index (κ3) is 4.16. The summed E-state index contributed by atoms with van der Waals surface area (Å²) in [5, 5.41) is 0.401. The average Bonchev–Trinajstić information content (AvgIpc) is 3.06. The van der Waals surface area contributed by atoms with Gasteiger partial charge in [-0.25, -0.2) is 12.7 Å². The molecule has 2 aromatic carbocycles. The minimum atomic E-state index is -3.48. The van der Waals surface area contributed by atoms with Crippen molar-refractivity contribution in [2.45, 2.75) is 28.4 Å². The van der Waals surface area contributed by atoms with E-state index in [2.05, 4.69) is 0 Å². The summed E-state index contributed by atoms with van der Waals surface area (Å²) in [5.41, 5.74) is 1.68. The molecule has 8 heteroatoms. The van der Waals surface area contributed by atoms with E-state index < -0.39 is 10.0 Å². The first kappa shape index (κ1) is 20.2. The molecule has 3 rings (SSSR count). The van der Waals surface area contributed by atoms with Gasteiger partial charge in [0.2, 0.25) is 15.9 Å². The van der Waals surface area contributed by atoms with E-state index in [-0.39, 0.29) is 16.1 Å². The number of thioether (sulfide) groups is 1. The monoisotopic (exact) mass is 424 g/mol. The second-order valence-corrected chi connectivity index (χ2v) is 10.5. The second-order valence-electron chi connectivity index (χ2n) is 6.53. The minimum Gasteiger partial charge on any atom is -0.311 e. The lowest BCUT2D eigenvalue weighted by Crippen LogP contribution is -2.35. The summed E-state index contributed by atoms with van der Waals surface area (Å²) in [5.74, 6) is 0.0110. The van der Waals surface area contributed by atoms with E-state index in [0.29, 0.717) is 18.0 Å². The summed E-state index contributed by atoms with van der Waals surface area (Å²) >= 11 is 7.39. The molecule has 0 saturated heterocycles. The summed E-state index contributed by atoms with van der Waals surface area (Å²) in [6.45, 7) is 2.44. The molecule has 0 radical (unpaired) electrons. The predicted molar refractivity (Wildman–Crippen MR) is 110 cm³/mol. The van der Waals surface area contributed by atoms with Crippen LogP contribution >= 0.6 is 23.4 Å². The molecule has 0 fully saturated rings. The molecule has 1 aliphatic rings. The van der Waals surface area contributed by atoms with Crippen LogP contribution in [0.1, 0.15) is 12.5 Å². The van der Waals surface area contributed by atoms with Crippen LogP contribution < -0.4 is 4.90 Å². The number of nitrogens with zero attached hydrogens (tertiary/aromatic N) is 2. The van der Waals surface area contributed by atoms with E-state index in [1.54, 1.807) is 35.2 Å². The molecule has 0 aliphatic carbocycles. The number of amides is 1. The second kappa shape index (κ2) is 7.83. The van der Waals surface area contributed by atoms with Gasteiger partial charge in [-0.1, -0.05) is 11.6 Å². The molecule has 144 valence electrons. The number of rotatable bonds is 5. The molecular weight excluding hydrogens is 404 g/mol. The van der Waals surface area contributed by atoms with Crippen LogP contribution in [0.25, 0.3) is 0 Å². The number of anilines is 1. The number of fused-ring (bicyclic) bond motifs is 1. The van der Waals surface area contributed by atoms with Crippen molar-refractivity contribution < 1.29 is 13.2 Å². The molecule has 1 aliphatic heterocycles. The van der Waals surface area contributed by atoms with Gasteiger partial charge in [0, 0.05) is 36.2 Å². The van der Waals surface area contributed by atoms with Gasteiger partial charge in [-0.05, 0) is 61.4 Å². The number of carbonyl (C=O) groups is 1. The number of halogens is 1. The van der Waals surface area contributed by atoms with E-state index in [9.17, 15) is 13.2 Å². The van der Waals surface area contributed by atoms with Crippen molar-refractivity contribution >= 4 is 45.0 Å². The number of hydrogen-bond donors (Lipinski definition) is 0. The molecule has 1 amide bonds. The van der Waals surface area contributed by atoms with Gasteiger partial charge < -0.3 is 4.90 Å². The summed E-state index contributed by atoms with van der Waals surface area (Å²) in [7, 11) is -0.466. The van der Waals surface area contributed by atoms with Crippen LogP contribution in [0.3, 0.4) is 0 Å². The highest BCUT2D eigenvalue weighted by Gasteiger charge is 2.30. The SMILES string of the molecule is C[C@H](Sc1ccc(Cl)cc1)C(=O)N1CCc2cc(S(=O)(=O)N(C)C)ccc21. The van der Waals surface area contributed by atoms with Gasteiger partial charge in [-0.3, -0.25) is 4.79 Å². The highest BCUT2D eigenvalue weighted by molar-refractivity contribution is 8.00. The van der Waals surface area contributed by atoms with Gasteiger partial charge in [0.1, 0.15) is 0 Å². The van der Waals surface area contributed by atoms with Crippen molar-refractivity contribution in [1.29, 1.82) is 0 Å². The Labute approximate surface area is 169 Å². The molecule has 0 bridgehead atoms. The van der Waals surface area contributed by atoms with Gasteiger partial charge >= 0.3 is 0 Å². The Morgan fingerprint density at radius 2 is 1.85 bits per heavy atom. The van der Waals surface area contributed by atoms with E-state index in [1.165, 1.54) is 30.2 Å². The highest BCUT2D eigenvalue weighted by Crippen LogP contribution is 2.33.